The average Bonchev–Trinajstić information content (AvgIpc) is 2.79. The second-order valence-corrected chi connectivity index (χ2v) is 6.97. The van der Waals surface area contributed by atoms with Crippen LogP contribution in [0, 0.1) is 5.92 Å². The van der Waals surface area contributed by atoms with E-state index in [4.69, 9.17) is 0 Å². The second-order valence-electron chi connectivity index (χ2n) is 6.97. The molecule has 6 nitrogen and oxygen atoms in total. The maximum absolute atomic E-state index is 12.5. The molecule has 6 heteroatoms. The van der Waals surface area contributed by atoms with Crippen molar-refractivity contribution in [2.24, 2.45) is 5.92 Å². The SMILES string of the molecule is O=C(NCc1cccnc1)C1CCN(c2cc(-c3ccccc3)ncn2)CC1. The number of nitrogens with one attached hydrogen (secondary N) is 1. The van der Waals surface area contributed by atoms with Gasteiger partial charge in [0.15, 0.2) is 0 Å². The summed E-state index contributed by atoms with van der Waals surface area (Å²) in [4.78, 5) is 27.6. The molecule has 1 amide bonds. The smallest absolute Gasteiger partial charge is 0.223 e. The summed E-state index contributed by atoms with van der Waals surface area (Å²) in [5, 5.41) is 3.03. The number of amides is 1. The molecule has 142 valence electrons. The number of anilines is 1. The Hall–Kier alpha value is -3.28. The number of carbonyl (C=O) groups is 1. The number of pyridine rings is 1. The van der Waals surface area contributed by atoms with Gasteiger partial charge < -0.3 is 10.2 Å². The molecule has 0 bridgehead atoms. The maximum atomic E-state index is 12.5. The lowest BCUT2D eigenvalue weighted by Crippen LogP contribution is -2.40. The summed E-state index contributed by atoms with van der Waals surface area (Å²) in [6.45, 7) is 2.16. The zero-order chi connectivity index (χ0) is 19.2. The van der Waals surface area contributed by atoms with Crippen molar-refractivity contribution in [3.8, 4) is 11.3 Å². The third-order valence-corrected chi connectivity index (χ3v) is 5.10. The molecule has 0 unspecified atom stereocenters. The number of aromatic nitrogens is 3. The Morgan fingerprint density at radius 1 is 1.07 bits per heavy atom. The number of rotatable bonds is 5. The van der Waals surface area contributed by atoms with Gasteiger partial charge in [-0.25, -0.2) is 9.97 Å². The Labute approximate surface area is 164 Å². The fourth-order valence-electron chi connectivity index (χ4n) is 3.49. The van der Waals surface area contributed by atoms with Gasteiger partial charge in [0.2, 0.25) is 5.91 Å². The summed E-state index contributed by atoms with van der Waals surface area (Å²) in [7, 11) is 0. The molecule has 1 aromatic carbocycles. The van der Waals surface area contributed by atoms with Crippen molar-refractivity contribution >= 4 is 11.7 Å². The van der Waals surface area contributed by atoms with Crippen LogP contribution in [0.25, 0.3) is 11.3 Å². The summed E-state index contributed by atoms with van der Waals surface area (Å²) in [5.74, 6) is 1.09. The van der Waals surface area contributed by atoms with E-state index in [9.17, 15) is 4.79 Å². The third-order valence-electron chi connectivity index (χ3n) is 5.10. The number of hydrogen-bond donors (Lipinski definition) is 1. The van der Waals surface area contributed by atoms with E-state index in [1.54, 1.807) is 18.7 Å². The third kappa shape index (κ3) is 4.34. The van der Waals surface area contributed by atoms with Crippen molar-refractivity contribution in [1.29, 1.82) is 0 Å². The molecule has 1 aliphatic heterocycles. The number of carbonyl (C=O) groups excluding carboxylic acids is 1. The predicted octanol–water partition coefficient (Wildman–Crippen LogP) is 3.07. The van der Waals surface area contributed by atoms with E-state index in [0.29, 0.717) is 6.54 Å². The zero-order valence-corrected chi connectivity index (χ0v) is 15.7. The van der Waals surface area contributed by atoms with Gasteiger partial charge in [0.25, 0.3) is 0 Å². The van der Waals surface area contributed by atoms with Gasteiger partial charge in [-0.3, -0.25) is 9.78 Å². The normalized spacial score (nSPS) is 14.6. The van der Waals surface area contributed by atoms with Gasteiger partial charge in [-0.05, 0) is 24.5 Å². The number of benzene rings is 1. The van der Waals surface area contributed by atoms with E-state index in [2.05, 4.69) is 25.2 Å². The Kier molecular flexibility index (Phi) is 5.56. The predicted molar refractivity (Wildman–Crippen MR) is 108 cm³/mol. The number of hydrogen-bond acceptors (Lipinski definition) is 5. The number of nitrogens with zero attached hydrogens (tertiary/aromatic N) is 4. The van der Waals surface area contributed by atoms with Crippen LogP contribution in [0.5, 0.6) is 0 Å². The minimum atomic E-state index is 0.0448. The highest BCUT2D eigenvalue weighted by molar-refractivity contribution is 5.79. The lowest BCUT2D eigenvalue weighted by atomic mass is 9.95. The van der Waals surface area contributed by atoms with Crippen LogP contribution in [-0.2, 0) is 11.3 Å². The van der Waals surface area contributed by atoms with E-state index in [1.807, 2.05) is 48.5 Å². The molecule has 2 aromatic heterocycles. The van der Waals surface area contributed by atoms with Crippen molar-refractivity contribution in [2.45, 2.75) is 19.4 Å². The maximum Gasteiger partial charge on any atom is 0.223 e. The molecular weight excluding hydrogens is 350 g/mol. The lowest BCUT2D eigenvalue weighted by Gasteiger charge is -2.32. The molecule has 3 aromatic rings. The van der Waals surface area contributed by atoms with Crippen LogP contribution in [0.15, 0.2) is 67.3 Å². The van der Waals surface area contributed by atoms with E-state index in [1.165, 1.54) is 0 Å². The Morgan fingerprint density at radius 2 is 1.89 bits per heavy atom. The van der Waals surface area contributed by atoms with Gasteiger partial charge in [0.1, 0.15) is 12.1 Å². The van der Waals surface area contributed by atoms with E-state index in [-0.39, 0.29) is 11.8 Å². The van der Waals surface area contributed by atoms with Crippen molar-refractivity contribution < 1.29 is 4.79 Å². The highest BCUT2D eigenvalue weighted by Gasteiger charge is 2.25. The lowest BCUT2D eigenvalue weighted by molar-refractivity contribution is -0.125. The van der Waals surface area contributed by atoms with E-state index < -0.39 is 0 Å². The Bertz CT molecular complexity index is 908. The van der Waals surface area contributed by atoms with Gasteiger partial charge in [0.05, 0.1) is 5.69 Å². The average molecular weight is 373 g/mol. The molecule has 3 heterocycles. The van der Waals surface area contributed by atoms with Crippen molar-refractivity contribution in [1.82, 2.24) is 20.3 Å². The van der Waals surface area contributed by atoms with Crippen molar-refractivity contribution in [3.05, 3.63) is 72.8 Å². The van der Waals surface area contributed by atoms with E-state index in [0.717, 1.165) is 48.6 Å². The van der Waals surface area contributed by atoms with Gasteiger partial charge in [-0.15, -0.1) is 0 Å². The standard InChI is InChI=1S/C22H23N5O/c28-22(24-15-17-5-4-10-23-14-17)19-8-11-27(12-9-19)21-13-20(25-16-26-21)18-6-2-1-3-7-18/h1-7,10,13-14,16,19H,8-9,11-12,15H2,(H,24,28). The molecule has 1 saturated heterocycles. The van der Waals surface area contributed by atoms with Crippen molar-refractivity contribution in [2.75, 3.05) is 18.0 Å². The second kappa shape index (κ2) is 8.61. The molecule has 0 atom stereocenters. The summed E-state index contributed by atoms with van der Waals surface area (Å²) in [6.07, 6.45) is 6.77. The fraction of sp³-hybridized carbons (Fsp3) is 0.273. The minimum absolute atomic E-state index is 0.0448. The highest BCUT2D eigenvalue weighted by atomic mass is 16.1. The molecule has 1 aliphatic rings. The molecule has 4 rings (SSSR count). The molecular formula is C22H23N5O. The zero-order valence-electron chi connectivity index (χ0n) is 15.7. The quantitative estimate of drug-likeness (QED) is 0.744. The monoisotopic (exact) mass is 373 g/mol. The summed E-state index contributed by atoms with van der Waals surface area (Å²) >= 11 is 0. The van der Waals surface area contributed by atoms with Gasteiger partial charge in [-0.2, -0.15) is 0 Å². The van der Waals surface area contributed by atoms with Crippen LogP contribution in [0.3, 0.4) is 0 Å². The first-order chi connectivity index (χ1) is 13.8. The van der Waals surface area contributed by atoms with E-state index >= 15 is 0 Å². The van der Waals surface area contributed by atoms with Gasteiger partial charge >= 0.3 is 0 Å². The summed E-state index contributed by atoms with van der Waals surface area (Å²) in [5.41, 5.74) is 3.01. The molecule has 28 heavy (non-hydrogen) atoms. The van der Waals surface area contributed by atoms with Gasteiger partial charge in [-0.1, -0.05) is 36.4 Å². The molecule has 0 radical (unpaired) electrons. The topological polar surface area (TPSA) is 71.0 Å². The number of piperidine rings is 1. The largest absolute Gasteiger partial charge is 0.356 e. The molecule has 0 aliphatic carbocycles. The molecule has 0 spiro atoms. The first-order valence-corrected chi connectivity index (χ1v) is 9.58. The van der Waals surface area contributed by atoms with Crippen LogP contribution < -0.4 is 10.2 Å². The highest BCUT2D eigenvalue weighted by Crippen LogP contribution is 2.25. The van der Waals surface area contributed by atoms with Gasteiger partial charge in [0, 0.05) is 49.6 Å². The first-order valence-electron chi connectivity index (χ1n) is 9.58. The Balaban J connectivity index is 1.33. The van der Waals surface area contributed by atoms with Crippen LogP contribution in [-0.4, -0.2) is 33.9 Å². The molecule has 1 fully saturated rings. The van der Waals surface area contributed by atoms with Crippen molar-refractivity contribution in [3.63, 3.8) is 0 Å². The summed E-state index contributed by atoms with van der Waals surface area (Å²) < 4.78 is 0. The first kappa shape index (κ1) is 18.1. The van der Waals surface area contributed by atoms with Crippen LogP contribution >= 0.6 is 0 Å². The molecule has 0 saturated carbocycles. The van der Waals surface area contributed by atoms with Crippen LogP contribution in [0.1, 0.15) is 18.4 Å². The van der Waals surface area contributed by atoms with Crippen LogP contribution in [0.4, 0.5) is 5.82 Å². The summed E-state index contributed by atoms with van der Waals surface area (Å²) in [6, 6.07) is 16.0. The fourth-order valence-corrected chi connectivity index (χ4v) is 3.49. The Morgan fingerprint density at radius 3 is 2.64 bits per heavy atom. The minimum Gasteiger partial charge on any atom is -0.356 e. The van der Waals surface area contributed by atoms with Crippen LogP contribution in [0.2, 0.25) is 0 Å². The molecule has 1 N–H and O–H groups in total.